The SMILES string of the molecule is COc1ccc(Cl)cc1C(N)c1cc(C)nn(C)c1=O. The van der Waals surface area contributed by atoms with Crippen molar-refractivity contribution < 1.29 is 4.74 Å². The predicted octanol–water partition coefficient (Wildman–Crippen LogP) is 1.80. The third-order valence-electron chi connectivity index (χ3n) is 3.07. The van der Waals surface area contributed by atoms with Crippen LogP contribution in [0.3, 0.4) is 0 Å². The second-order valence-electron chi connectivity index (χ2n) is 4.53. The third-order valence-corrected chi connectivity index (χ3v) is 3.31. The summed E-state index contributed by atoms with van der Waals surface area (Å²) in [5, 5.41) is 4.60. The van der Waals surface area contributed by atoms with Crippen molar-refractivity contribution in [2.45, 2.75) is 13.0 Å². The maximum Gasteiger partial charge on any atom is 0.271 e. The second-order valence-corrected chi connectivity index (χ2v) is 4.97. The van der Waals surface area contributed by atoms with E-state index in [2.05, 4.69) is 5.10 Å². The molecule has 0 saturated heterocycles. The molecule has 2 aromatic rings. The normalized spacial score (nSPS) is 12.2. The number of nitrogens with two attached hydrogens (primary N) is 1. The van der Waals surface area contributed by atoms with Gasteiger partial charge in [-0.2, -0.15) is 5.10 Å². The maximum absolute atomic E-state index is 12.2. The van der Waals surface area contributed by atoms with Crippen molar-refractivity contribution >= 4 is 11.6 Å². The maximum atomic E-state index is 12.2. The summed E-state index contributed by atoms with van der Waals surface area (Å²) < 4.78 is 6.56. The van der Waals surface area contributed by atoms with Crippen LogP contribution in [0.4, 0.5) is 0 Å². The van der Waals surface area contributed by atoms with E-state index in [0.29, 0.717) is 21.9 Å². The van der Waals surface area contributed by atoms with Crippen LogP contribution in [-0.4, -0.2) is 16.9 Å². The molecule has 1 atom stereocenters. The van der Waals surface area contributed by atoms with Gasteiger partial charge in [0.2, 0.25) is 0 Å². The number of aromatic nitrogens is 2. The van der Waals surface area contributed by atoms with E-state index in [4.69, 9.17) is 22.1 Å². The summed E-state index contributed by atoms with van der Waals surface area (Å²) >= 11 is 6.00. The monoisotopic (exact) mass is 293 g/mol. The summed E-state index contributed by atoms with van der Waals surface area (Å²) in [5.74, 6) is 0.596. The average Bonchev–Trinajstić information content (AvgIpc) is 2.42. The van der Waals surface area contributed by atoms with Gasteiger partial charge in [0.1, 0.15) is 5.75 Å². The number of nitrogens with zero attached hydrogens (tertiary/aromatic N) is 2. The van der Waals surface area contributed by atoms with Gasteiger partial charge in [-0.25, -0.2) is 4.68 Å². The number of hydrogen-bond acceptors (Lipinski definition) is 4. The first-order chi connectivity index (χ1) is 9.43. The molecule has 6 heteroatoms. The molecular weight excluding hydrogens is 278 g/mol. The molecule has 1 aromatic heterocycles. The van der Waals surface area contributed by atoms with E-state index in [9.17, 15) is 4.79 Å². The smallest absolute Gasteiger partial charge is 0.271 e. The van der Waals surface area contributed by atoms with Gasteiger partial charge in [-0.1, -0.05) is 11.6 Å². The van der Waals surface area contributed by atoms with E-state index in [1.54, 1.807) is 38.4 Å². The number of methoxy groups -OCH3 is 1. The lowest BCUT2D eigenvalue weighted by atomic mass is 9.99. The van der Waals surface area contributed by atoms with Crippen LogP contribution in [0.25, 0.3) is 0 Å². The fourth-order valence-electron chi connectivity index (χ4n) is 2.12. The Morgan fingerprint density at radius 1 is 1.35 bits per heavy atom. The summed E-state index contributed by atoms with van der Waals surface area (Å²) in [4.78, 5) is 12.2. The van der Waals surface area contributed by atoms with Crippen molar-refractivity contribution in [1.29, 1.82) is 0 Å². The molecule has 0 amide bonds. The minimum absolute atomic E-state index is 0.231. The predicted molar refractivity (Wildman–Crippen MR) is 78.2 cm³/mol. The molecule has 0 fully saturated rings. The van der Waals surface area contributed by atoms with Crippen LogP contribution >= 0.6 is 11.6 Å². The van der Waals surface area contributed by atoms with Crippen LogP contribution in [0.2, 0.25) is 5.02 Å². The molecule has 0 aliphatic heterocycles. The highest BCUT2D eigenvalue weighted by atomic mass is 35.5. The molecule has 1 heterocycles. The molecule has 0 radical (unpaired) electrons. The van der Waals surface area contributed by atoms with E-state index in [1.165, 1.54) is 4.68 Å². The van der Waals surface area contributed by atoms with Crippen LogP contribution in [-0.2, 0) is 7.05 Å². The molecule has 20 heavy (non-hydrogen) atoms. The van der Waals surface area contributed by atoms with Crippen molar-refractivity contribution in [1.82, 2.24) is 9.78 Å². The minimum Gasteiger partial charge on any atom is -0.496 e. The molecule has 0 bridgehead atoms. The summed E-state index contributed by atoms with van der Waals surface area (Å²) in [5.41, 5.74) is 7.84. The molecule has 2 N–H and O–H groups in total. The lowest BCUT2D eigenvalue weighted by molar-refractivity contribution is 0.407. The van der Waals surface area contributed by atoms with Crippen LogP contribution in [0, 0.1) is 6.92 Å². The Hall–Kier alpha value is -1.85. The molecule has 0 spiro atoms. The highest BCUT2D eigenvalue weighted by molar-refractivity contribution is 6.30. The van der Waals surface area contributed by atoms with Crippen LogP contribution < -0.4 is 16.0 Å². The first-order valence-corrected chi connectivity index (χ1v) is 6.45. The lowest BCUT2D eigenvalue weighted by Gasteiger charge is -2.16. The largest absolute Gasteiger partial charge is 0.496 e. The molecule has 0 saturated carbocycles. The molecule has 1 unspecified atom stereocenters. The van der Waals surface area contributed by atoms with Gasteiger partial charge in [0.05, 0.1) is 18.8 Å². The second kappa shape index (κ2) is 5.64. The first kappa shape index (κ1) is 14.6. The van der Waals surface area contributed by atoms with Gasteiger partial charge >= 0.3 is 0 Å². The molecule has 0 aliphatic rings. The Morgan fingerprint density at radius 2 is 2.05 bits per heavy atom. The van der Waals surface area contributed by atoms with Crippen molar-refractivity contribution in [3.8, 4) is 5.75 Å². The van der Waals surface area contributed by atoms with Gasteiger partial charge < -0.3 is 10.5 Å². The summed E-state index contributed by atoms with van der Waals surface area (Å²) in [6.07, 6.45) is 0. The standard InChI is InChI=1S/C14H16ClN3O2/c1-8-6-11(14(19)18(2)17-8)13(16)10-7-9(15)4-5-12(10)20-3/h4-7,13H,16H2,1-3H3. The third kappa shape index (κ3) is 2.69. The lowest BCUT2D eigenvalue weighted by Crippen LogP contribution is -2.29. The molecule has 0 aliphatic carbocycles. The van der Waals surface area contributed by atoms with E-state index in [0.717, 1.165) is 5.69 Å². The van der Waals surface area contributed by atoms with E-state index in [1.807, 2.05) is 6.92 Å². The zero-order chi connectivity index (χ0) is 14.9. The van der Waals surface area contributed by atoms with Gasteiger partial charge in [0.15, 0.2) is 0 Å². The topological polar surface area (TPSA) is 70.1 Å². The van der Waals surface area contributed by atoms with E-state index >= 15 is 0 Å². The average molecular weight is 294 g/mol. The number of hydrogen-bond donors (Lipinski definition) is 1. The van der Waals surface area contributed by atoms with Gasteiger partial charge in [0.25, 0.3) is 5.56 Å². The van der Waals surface area contributed by atoms with Crippen LogP contribution in [0.15, 0.2) is 29.1 Å². The highest BCUT2D eigenvalue weighted by Crippen LogP contribution is 2.29. The first-order valence-electron chi connectivity index (χ1n) is 6.08. The van der Waals surface area contributed by atoms with Crippen molar-refractivity contribution in [3.05, 3.63) is 56.5 Å². The summed E-state index contributed by atoms with van der Waals surface area (Å²) in [6, 6.07) is 6.22. The number of halogens is 1. The fraction of sp³-hybridized carbons (Fsp3) is 0.286. The Kier molecular flexibility index (Phi) is 4.11. The fourth-order valence-corrected chi connectivity index (χ4v) is 2.30. The Labute approximate surface area is 121 Å². The van der Waals surface area contributed by atoms with Crippen LogP contribution in [0.1, 0.15) is 22.9 Å². The Bertz CT molecular complexity index is 697. The van der Waals surface area contributed by atoms with Crippen LogP contribution in [0.5, 0.6) is 5.75 Å². The number of aryl methyl sites for hydroxylation is 2. The molecule has 1 aromatic carbocycles. The van der Waals surface area contributed by atoms with Crippen molar-refractivity contribution in [3.63, 3.8) is 0 Å². The number of benzene rings is 1. The zero-order valence-electron chi connectivity index (χ0n) is 11.6. The Balaban J connectivity index is 2.60. The van der Waals surface area contributed by atoms with Crippen molar-refractivity contribution in [2.75, 3.05) is 7.11 Å². The zero-order valence-corrected chi connectivity index (χ0v) is 12.3. The Morgan fingerprint density at radius 3 is 2.70 bits per heavy atom. The summed E-state index contributed by atoms with van der Waals surface area (Å²) in [7, 11) is 3.15. The van der Waals surface area contributed by atoms with E-state index < -0.39 is 6.04 Å². The van der Waals surface area contributed by atoms with Gasteiger partial charge in [-0.3, -0.25) is 4.79 Å². The molecule has 106 valence electrons. The van der Waals surface area contributed by atoms with Gasteiger partial charge in [0, 0.05) is 23.2 Å². The van der Waals surface area contributed by atoms with Crippen molar-refractivity contribution in [2.24, 2.45) is 12.8 Å². The quantitative estimate of drug-likeness (QED) is 0.937. The highest BCUT2D eigenvalue weighted by Gasteiger charge is 2.19. The molecular formula is C14H16ClN3O2. The minimum atomic E-state index is -0.621. The van der Waals surface area contributed by atoms with E-state index in [-0.39, 0.29) is 5.56 Å². The molecule has 2 rings (SSSR count). The molecule has 5 nitrogen and oxygen atoms in total. The summed E-state index contributed by atoms with van der Waals surface area (Å²) in [6.45, 7) is 1.81. The van der Waals surface area contributed by atoms with Gasteiger partial charge in [-0.15, -0.1) is 0 Å². The number of rotatable bonds is 3. The number of ether oxygens (including phenoxy) is 1. The van der Waals surface area contributed by atoms with Gasteiger partial charge in [-0.05, 0) is 31.2 Å².